The monoisotopic (exact) mass is 234 g/mol. The average molecular weight is 234 g/mol. The van der Waals surface area contributed by atoms with Gasteiger partial charge in [0.2, 0.25) is 0 Å². The van der Waals surface area contributed by atoms with Crippen LogP contribution in [-0.4, -0.2) is 23.0 Å². The Kier molecular flexibility index (Phi) is 3.56. The number of aryl methyl sites for hydroxylation is 1. The molecule has 1 heterocycles. The van der Waals surface area contributed by atoms with Gasteiger partial charge in [0.05, 0.1) is 0 Å². The van der Waals surface area contributed by atoms with Crippen LogP contribution in [0.25, 0.3) is 0 Å². The summed E-state index contributed by atoms with van der Waals surface area (Å²) in [4.78, 5) is 2.98. The highest BCUT2D eigenvalue weighted by Gasteiger charge is 2.12. The zero-order chi connectivity index (χ0) is 11.5. The van der Waals surface area contributed by atoms with Gasteiger partial charge < -0.3 is 5.73 Å². The van der Waals surface area contributed by atoms with Crippen LogP contribution in [0.3, 0.4) is 0 Å². The highest BCUT2D eigenvalue weighted by molar-refractivity contribution is 7.80. The molecule has 2 rings (SSSR count). The van der Waals surface area contributed by atoms with Crippen molar-refractivity contribution in [2.75, 3.05) is 13.1 Å². The first kappa shape index (κ1) is 11.6. The predicted octanol–water partition coefficient (Wildman–Crippen LogP) is 2.23. The molecule has 1 aromatic carbocycles. The third-order valence-electron chi connectivity index (χ3n) is 3.22. The molecule has 1 aliphatic rings. The first-order valence-corrected chi connectivity index (χ1v) is 6.19. The first-order valence-electron chi connectivity index (χ1n) is 5.78. The van der Waals surface area contributed by atoms with Crippen LogP contribution in [0.1, 0.15) is 29.5 Å². The van der Waals surface area contributed by atoms with E-state index in [-0.39, 0.29) is 0 Å². The Morgan fingerprint density at radius 2 is 2.06 bits per heavy atom. The van der Waals surface area contributed by atoms with E-state index in [0.29, 0.717) is 4.99 Å². The molecule has 0 aromatic heterocycles. The smallest absolute Gasteiger partial charge is 0.103 e. The van der Waals surface area contributed by atoms with Gasteiger partial charge in [-0.1, -0.05) is 24.4 Å². The summed E-state index contributed by atoms with van der Waals surface area (Å²) in [6, 6.07) is 6.27. The minimum atomic E-state index is 0.482. The van der Waals surface area contributed by atoms with Crippen molar-refractivity contribution in [3.05, 3.63) is 34.9 Å². The number of nitrogens with two attached hydrogens (primary N) is 1. The lowest BCUT2D eigenvalue weighted by Gasteiger charge is -2.16. The van der Waals surface area contributed by atoms with Crippen LogP contribution in [0.15, 0.2) is 18.2 Å². The fourth-order valence-corrected chi connectivity index (χ4v) is 2.34. The Hall–Kier alpha value is -0.930. The number of hydrogen-bond donors (Lipinski definition) is 1. The minimum Gasteiger partial charge on any atom is -0.389 e. The summed E-state index contributed by atoms with van der Waals surface area (Å²) in [6.45, 7) is 5.66. The molecule has 1 fully saturated rings. The lowest BCUT2D eigenvalue weighted by molar-refractivity contribution is 0.331. The second-order valence-corrected chi connectivity index (χ2v) is 4.93. The largest absolute Gasteiger partial charge is 0.389 e. The average Bonchev–Trinajstić information content (AvgIpc) is 2.73. The zero-order valence-corrected chi connectivity index (χ0v) is 10.5. The van der Waals surface area contributed by atoms with Gasteiger partial charge in [0.15, 0.2) is 0 Å². The number of thiocarbonyl (C=S) groups is 1. The highest BCUT2D eigenvalue weighted by Crippen LogP contribution is 2.17. The third-order valence-corrected chi connectivity index (χ3v) is 3.46. The Morgan fingerprint density at radius 1 is 1.38 bits per heavy atom. The first-order chi connectivity index (χ1) is 7.66. The summed E-state index contributed by atoms with van der Waals surface area (Å²) < 4.78 is 0. The van der Waals surface area contributed by atoms with E-state index in [2.05, 4.69) is 24.0 Å². The van der Waals surface area contributed by atoms with E-state index in [4.69, 9.17) is 18.0 Å². The fraction of sp³-hybridized carbons (Fsp3) is 0.462. The van der Waals surface area contributed by atoms with Crippen LogP contribution in [-0.2, 0) is 6.54 Å². The zero-order valence-electron chi connectivity index (χ0n) is 9.70. The molecule has 0 atom stereocenters. The number of nitrogens with zero attached hydrogens (tertiary/aromatic N) is 1. The number of likely N-dealkylation sites (tertiary alicyclic amines) is 1. The maximum absolute atomic E-state index is 5.62. The van der Waals surface area contributed by atoms with E-state index in [0.717, 1.165) is 12.1 Å². The minimum absolute atomic E-state index is 0.482. The molecule has 0 spiro atoms. The van der Waals surface area contributed by atoms with Gasteiger partial charge in [-0.15, -0.1) is 0 Å². The van der Waals surface area contributed by atoms with Crippen molar-refractivity contribution in [3.8, 4) is 0 Å². The molecule has 0 saturated carbocycles. The second kappa shape index (κ2) is 4.93. The van der Waals surface area contributed by atoms with Crippen molar-refractivity contribution in [1.29, 1.82) is 0 Å². The summed E-state index contributed by atoms with van der Waals surface area (Å²) in [5, 5.41) is 0. The van der Waals surface area contributed by atoms with E-state index in [9.17, 15) is 0 Å². The van der Waals surface area contributed by atoms with Crippen LogP contribution in [0, 0.1) is 6.92 Å². The molecule has 0 amide bonds. The standard InChI is InChI=1S/C13H18N2S/c1-10-8-11(13(14)16)4-5-12(10)9-15-6-2-3-7-15/h4-5,8H,2-3,6-7,9H2,1H3,(H2,14,16). The van der Waals surface area contributed by atoms with Crippen molar-refractivity contribution in [1.82, 2.24) is 4.90 Å². The topological polar surface area (TPSA) is 29.3 Å². The molecule has 2 nitrogen and oxygen atoms in total. The van der Waals surface area contributed by atoms with Crippen LogP contribution < -0.4 is 5.73 Å². The van der Waals surface area contributed by atoms with E-state index >= 15 is 0 Å². The maximum atomic E-state index is 5.62. The van der Waals surface area contributed by atoms with Gasteiger partial charge >= 0.3 is 0 Å². The Labute approximate surface area is 102 Å². The van der Waals surface area contributed by atoms with Crippen molar-refractivity contribution in [2.24, 2.45) is 5.73 Å². The van der Waals surface area contributed by atoms with E-state index in [1.165, 1.54) is 37.1 Å². The molecule has 16 heavy (non-hydrogen) atoms. The van der Waals surface area contributed by atoms with E-state index < -0.39 is 0 Å². The molecule has 1 saturated heterocycles. The van der Waals surface area contributed by atoms with Gasteiger partial charge in [-0.25, -0.2) is 0 Å². The quantitative estimate of drug-likeness (QED) is 0.813. The molecular weight excluding hydrogens is 216 g/mol. The molecule has 86 valence electrons. The van der Waals surface area contributed by atoms with E-state index in [1.54, 1.807) is 0 Å². The lowest BCUT2D eigenvalue weighted by atomic mass is 10.0. The molecule has 2 N–H and O–H groups in total. The SMILES string of the molecule is Cc1cc(C(N)=S)ccc1CN1CCCC1. The van der Waals surface area contributed by atoms with Gasteiger partial charge in [0.25, 0.3) is 0 Å². The summed E-state index contributed by atoms with van der Waals surface area (Å²) >= 11 is 4.98. The van der Waals surface area contributed by atoms with Crippen molar-refractivity contribution in [2.45, 2.75) is 26.3 Å². The Bertz CT molecular complexity index is 395. The third kappa shape index (κ3) is 2.60. The molecule has 0 unspecified atom stereocenters. The van der Waals surface area contributed by atoms with Crippen molar-refractivity contribution in [3.63, 3.8) is 0 Å². The van der Waals surface area contributed by atoms with Gasteiger partial charge in [0.1, 0.15) is 4.99 Å². The molecule has 1 aliphatic heterocycles. The number of benzene rings is 1. The van der Waals surface area contributed by atoms with Gasteiger partial charge in [-0.3, -0.25) is 4.90 Å². The lowest BCUT2D eigenvalue weighted by Crippen LogP contribution is -2.19. The summed E-state index contributed by atoms with van der Waals surface area (Å²) in [5.74, 6) is 0. The summed E-state index contributed by atoms with van der Waals surface area (Å²) in [5.41, 5.74) is 9.27. The van der Waals surface area contributed by atoms with Gasteiger partial charge in [0, 0.05) is 12.1 Å². The van der Waals surface area contributed by atoms with Crippen LogP contribution in [0.5, 0.6) is 0 Å². The van der Waals surface area contributed by atoms with Gasteiger partial charge in [-0.2, -0.15) is 0 Å². The predicted molar refractivity (Wildman–Crippen MR) is 71.6 cm³/mol. The van der Waals surface area contributed by atoms with Crippen molar-refractivity contribution < 1.29 is 0 Å². The van der Waals surface area contributed by atoms with Gasteiger partial charge in [-0.05, 0) is 50.0 Å². The molecule has 3 heteroatoms. The normalized spacial score (nSPS) is 16.6. The van der Waals surface area contributed by atoms with Crippen LogP contribution >= 0.6 is 12.2 Å². The van der Waals surface area contributed by atoms with E-state index in [1.807, 2.05) is 6.07 Å². The maximum Gasteiger partial charge on any atom is 0.103 e. The Balaban J connectivity index is 2.12. The summed E-state index contributed by atoms with van der Waals surface area (Å²) in [6.07, 6.45) is 2.67. The molecule has 1 aromatic rings. The van der Waals surface area contributed by atoms with Crippen LogP contribution in [0.2, 0.25) is 0 Å². The second-order valence-electron chi connectivity index (χ2n) is 4.49. The number of rotatable bonds is 3. The fourth-order valence-electron chi connectivity index (χ4n) is 2.21. The molecule has 0 radical (unpaired) electrons. The summed E-state index contributed by atoms with van der Waals surface area (Å²) in [7, 11) is 0. The van der Waals surface area contributed by atoms with Crippen molar-refractivity contribution >= 4 is 17.2 Å². The molecule has 0 bridgehead atoms. The number of hydrogen-bond acceptors (Lipinski definition) is 2. The highest BCUT2D eigenvalue weighted by atomic mass is 32.1. The van der Waals surface area contributed by atoms with Crippen LogP contribution in [0.4, 0.5) is 0 Å². The molecule has 0 aliphatic carbocycles. The Morgan fingerprint density at radius 3 is 2.62 bits per heavy atom. The molecular formula is C13H18N2S.